The summed E-state index contributed by atoms with van der Waals surface area (Å²) in [5.41, 5.74) is 1.11. The lowest BCUT2D eigenvalue weighted by atomic mass is 10.0. The van der Waals surface area contributed by atoms with E-state index in [2.05, 4.69) is 15.9 Å². The highest BCUT2D eigenvalue weighted by molar-refractivity contribution is 14.1. The van der Waals surface area contributed by atoms with Crippen LogP contribution in [0.4, 0.5) is 0 Å². The number of aldehydes is 1. The van der Waals surface area contributed by atoms with E-state index in [9.17, 15) is 9.59 Å². The van der Waals surface area contributed by atoms with Crippen LogP contribution in [0, 0.1) is 14.9 Å². The Morgan fingerprint density at radius 3 is 2.73 bits per heavy atom. The van der Waals surface area contributed by atoms with E-state index in [1.807, 2.05) is 28.7 Å². The molecule has 0 unspecified atom stereocenters. The first-order chi connectivity index (χ1) is 7.13. The fourth-order valence-electron chi connectivity index (χ4n) is 1.05. The quantitative estimate of drug-likeness (QED) is 0.352. The zero-order valence-corrected chi connectivity index (χ0v) is 11.2. The van der Waals surface area contributed by atoms with E-state index in [1.165, 1.54) is 12.1 Å². The van der Waals surface area contributed by atoms with Crippen molar-refractivity contribution in [1.29, 1.82) is 5.26 Å². The lowest BCUT2D eigenvalue weighted by molar-refractivity contribution is 0.102. The summed E-state index contributed by atoms with van der Waals surface area (Å²) in [6, 6.07) is 4.95. The second-order valence-electron chi connectivity index (χ2n) is 2.71. The van der Waals surface area contributed by atoms with E-state index in [0.29, 0.717) is 26.5 Å². The van der Waals surface area contributed by atoms with Crippen molar-refractivity contribution >= 4 is 50.6 Å². The molecule has 0 bridgehead atoms. The molecular formula is C10H5BrINO2. The van der Waals surface area contributed by atoms with Crippen LogP contribution >= 0.6 is 38.5 Å². The Morgan fingerprint density at radius 2 is 2.27 bits per heavy atom. The number of nitriles is 1. The van der Waals surface area contributed by atoms with Crippen LogP contribution < -0.4 is 0 Å². The van der Waals surface area contributed by atoms with E-state index >= 15 is 0 Å². The number of hydrogen-bond donors (Lipinski definition) is 0. The van der Waals surface area contributed by atoms with Gasteiger partial charge in [0, 0.05) is 14.7 Å². The van der Waals surface area contributed by atoms with Crippen LogP contribution in [0.1, 0.15) is 26.3 Å². The molecule has 1 aromatic rings. The van der Waals surface area contributed by atoms with Crippen LogP contribution in [0.15, 0.2) is 12.1 Å². The molecule has 5 heteroatoms. The molecule has 0 amide bonds. The molecule has 0 aliphatic carbocycles. The molecule has 0 atom stereocenters. The zero-order valence-electron chi connectivity index (χ0n) is 7.46. The molecule has 0 N–H and O–H groups in total. The molecule has 0 saturated heterocycles. The summed E-state index contributed by atoms with van der Waals surface area (Å²) in [4.78, 5) is 22.1. The van der Waals surface area contributed by atoms with Crippen LogP contribution in [0.25, 0.3) is 0 Å². The zero-order chi connectivity index (χ0) is 11.4. The fourth-order valence-corrected chi connectivity index (χ4v) is 1.94. The summed E-state index contributed by atoms with van der Waals surface area (Å²) in [5.74, 6) is -0.147. The van der Waals surface area contributed by atoms with Crippen LogP contribution in [-0.4, -0.2) is 17.4 Å². The van der Waals surface area contributed by atoms with Crippen molar-refractivity contribution in [2.75, 3.05) is 5.33 Å². The number of Topliss-reactive ketones (excluding diaryl/α,β-unsaturated/α-hetero) is 1. The molecule has 1 aromatic carbocycles. The molecule has 0 heterocycles. The van der Waals surface area contributed by atoms with Gasteiger partial charge in [-0.1, -0.05) is 15.9 Å². The standard InChI is InChI=1S/C10H5BrINO2/c11-3-9(15)6-1-7(4-13)10(12)8(2-6)5-14/h1-2,5H,3H2. The van der Waals surface area contributed by atoms with Gasteiger partial charge in [-0.25, -0.2) is 0 Å². The van der Waals surface area contributed by atoms with E-state index < -0.39 is 0 Å². The minimum absolute atomic E-state index is 0.147. The summed E-state index contributed by atoms with van der Waals surface area (Å²) in [7, 11) is 0. The van der Waals surface area contributed by atoms with Gasteiger partial charge in [-0.3, -0.25) is 9.59 Å². The summed E-state index contributed by atoms with van der Waals surface area (Å²) in [5, 5.41) is 9.00. The molecule has 0 aliphatic heterocycles. The summed E-state index contributed by atoms with van der Waals surface area (Å²) in [6.07, 6.45) is 0.646. The Hall–Kier alpha value is -0.740. The number of alkyl halides is 1. The van der Waals surface area contributed by atoms with Crippen molar-refractivity contribution in [1.82, 2.24) is 0 Å². The minimum Gasteiger partial charge on any atom is -0.298 e. The first-order valence-corrected chi connectivity index (χ1v) is 6.12. The van der Waals surface area contributed by atoms with Crippen molar-refractivity contribution in [2.24, 2.45) is 0 Å². The van der Waals surface area contributed by atoms with Gasteiger partial charge in [0.2, 0.25) is 0 Å². The van der Waals surface area contributed by atoms with Crippen molar-refractivity contribution in [3.8, 4) is 6.07 Å². The number of carbonyl (C=O) groups is 2. The van der Waals surface area contributed by atoms with Gasteiger partial charge in [0.25, 0.3) is 0 Å². The number of hydrogen-bond acceptors (Lipinski definition) is 3. The molecule has 0 aromatic heterocycles. The van der Waals surface area contributed by atoms with Gasteiger partial charge in [-0.15, -0.1) is 0 Å². The number of rotatable bonds is 3. The molecular weight excluding hydrogens is 373 g/mol. The maximum absolute atomic E-state index is 11.4. The first-order valence-electron chi connectivity index (χ1n) is 3.92. The number of benzene rings is 1. The van der Waals surface area contributed by atoms with Gasteiger partial charge in [0.1, 0.15) is 6.07 Å². The number of nitrogens with zero attached hydrogens (tertiary/aromatic N) is 1. The Labute approximate surface area is 109 Å². The maximum atomic E-state index is 11.4. The molecule has 0 radical (unpaired) electrons. The van der Waals surface area contributed by atoms with E-state index in [4.69, 9.17) is 5.26 Å². The average molecular weight is 378 g/mol. The van der Waals surface area contributed by atoms with Crippen molar-refractivity contribution in [3.05, 3.63) is 32.4 Å². The monoisotopic (exact) mass is 377 g/mol. The van der Waals surface area contributed by atoms with Crippen molar-refractivity contribution in [3.63, 3.8) is 0 Å². The lowest BCUT2D eigenvalue weighted by Crippen LogP contribution is -2.03. The molecule has 76 valence electrons. The summed E-state index contributed by atoms with van der Waals surface area (Å²) < 4.78 is 0.580. The number of halogens is 2. The SMILES string of the molecule is N#Cc1cc(C(=O)CBr)cc(C=O)c1I. The third-order valence-electron chi connectivity index (χ3n) is 1.79. The summed E-state index contributed by atoms with van der Waals surface area (Å²) in [6.45, 7) is 0. The maximum Gasteiger partial charge on any atom is 0.173 e. The van der Waals surface area contributed by atoms with Crippen LogP contribution in [0.5, 0.6) is 0 Å². The molecule has 0 spiro atoms. The topological polar surface area (TPSA) is 57.9 Å². The normalized spacial score (nSPS) is 9.40. The Balaban J connectivity index is 3.41. The number of ketones is 1. The summed E-state index contributed by atoms with van der Waals surface area (Å²) >= 11 is 4.96. The highest BCUT2D eigenvalue weighted by Crippen LogP contribution is 2.19. The third kappa shape index (κ3) is 2.63. The fraction of sp³-hybridized carbons (Fsp3) is 0.100. The molecule has 0 fully saturated rings. The predicted octanol–water partition coefficient (Wildman–Crippen LogP) is 2.55. The van der Waals surface area contributed by atoms with Crippen molar-refractivity contribution in [2.45, 2.75) is 0 Å². The predicted molar refractivity (Wildman–Crippen MR) is 67.4 cm³/mol. The average Bonchev–Trinajstić information content (AvgIpc) is 2.28. The Morgan fingerprint density at radius 1 is 1.60 bits per heavy atom. The third-order valence-corrected chi connectivity index (χ3v) is 3.50. The smallest absolute Gasteiger partial charge is 0.173 e. The van der Waals surface area contributed by atoms with Crippen LogP contribution in [-0.2, 0) is 0 Å². The highest BCUT2D eigenvalue weighted by Gasteiger charge is 2.11. The molecule has 0 aliphatic rings. The van der Waals surface area contributed by atoms with Gasteiger partial charge in [0.15, 0.2) is 12.1 Å². The molecule has 0 saturated carbocycles. The minimum atomic E-state index is -0.147. The van der Waals surface area contributed by atoms with Crippen LogP contribution in [0.3, 0.4) is 0 Å². The highest BCUT2D eigenvalue weighted by atomic mass is 127. The first kappa shape index (κ1) is 12.3. The Bertz CT molecular complexity index is 465. The Kier molecular flexibility index (Phi) is 4.42. The number of carbonyl (C=O) groups excluding carboxylic acids is 2. The lowest BCUT2D eigenvalue weighted by Gasteiger charge is -2.03. The van der Waals surface area contributed by atoms with Gasteiger partial charge in [-0.05, 0) is 34.7 Å². The van der Waals surface area contributed by atoms with Gasteiger partial charge in [-0.2, -0.15) is 5.26 Å². The largest absolute Gasteiger partial charge is 0.298 e. The molecule has 3 nitrogen and oxygen atoms in total. The molecule has 15 heavy (non-hydrogen) atoms. The van der Waals surface area contributed by atoms with E-state index in [1.54, 1.807) is 0 Å². The second-order valence-corrected chi connectivity index (χ2v) is 4.35. The van der Waals surface area contributed by atoms with E-state index in [-0.39, 0.29) is 11.1 Å². The molecule has 1 rings (SSSR count). The van der Waals surface area contributed by atoms with Crippen LogP contribution in [0.2, 0.25) is 0 Å². The second kappa shape index (κ2) is 5.37. The van der Waals surface area contributed by atoms with Gasteiger partial charge >= 0.3 is 0 Å². The van der Waals surface area contributed by atoms with Gasteiger partial charge in [0.05, 0.1) is 10.9 Å². The van der Waals surface area contributed by atoms with Gasteiger partial charge < -0.3 is 0 Å². The van der Waals surface area contributed by atoms with Crippen molar-refractivity contribution < 1.29 is 9.59 Å². The van der Waals surface area contributed by atoms with E-state index in [0.717, 1.165) is 0 Å².